The number of piperidine rings is 1. The van der Waals surface area contributed by atoms with E-state index in [1.165, 1.54) is 31.4 Å². The maximum atomic E-state index is 13.3. The number of carbonyl (C=O) groups is 1. The largest absolute Gasteiger partial charge is 0.477 e. The van der Waals surface area contributed by atoms with E-state index in [0.717, 1.165) is 16.4 Å². The van der Waals surface area contributed by atoms with Crippen molar-refractivity contribution in [1.29, 1.82) is 0 Å². The van der Waals surface area contributed by atoms with Crippen molar-refractivity contribution < 1.29 is 37.2 Å². The molecule has 0 radical (unpaired) electrons. The number of benzene rings is 2. The van der Waals surface area contributed by atoms with E-state index >= 15 is 0 Å². The second-order valence-corrected chi connectivity index (χ2v) is 11.6. The molecule has 2 aromatic carbocycles. The number of hydrogen-bond donors (Lipinski definition) is 1. The number of aromatic nitrogens is 1. The van der Waals surface area contributed by atoms with E-state index in [4.69, 9.17) is 48.8 Å². The molecule has 12 nitrogen and oxygen atoms in total. The lowest BCUT2D eigenvalue weighted by atomic mass is 9.86. The lowest BCUT2D eigenvalue weighted by molar-refractivity contribution is -0.387. The summed E-state index contributed by atoms with van der Waals surface area (Å²) in [6, 6.07) is 7.75. The highest BCUT2D eigenvalue weighted by Crippen LogP contribution is 2.45. The SMILES string of the molecule is COCOC1(c2onc(-c3c(Cl)cc(Cl)cc3Cl)c2C(=O)O)CCN(S(=O)(=O)c2ccccc2[N+](=O)[O-])CC1. The Balaban J connectivity index is 1.75. The molecule has 1 saturated heterocycles. The molecule has 39 heavy (non-hydrogen) atoms. The summed E-state index contributed by atoms with van der Waals surface area (Å²) in [5, 5.41) is 25.8. The first-order valence-corrected chi connectivity index (χ1v) is 13.7. The third-order valence-corrected chi connectivity index (χ3v) is 8.99. The molecular formula is C23H20Cl3N3O9S. The van der Waals surface area contributed by atoms with E-state index in [9.17, 15) is 28.4 Å². The molecule has 1 aliphatic rings. The van der Waals surface area contributed by atoms with Crippen LogP contribution in [0.4, 0.5) is 5.69 Å². The average molecular weight is 621 g/mol. The van der Waals surface area contributed by atoms with Crippen molar-refractivity contribution in [3.63, 3.8) is 0 Å². The highest BCUT2D eigenvalue weighted by Gasteiger charge is 2.48. The van der Waals surface area contributed by atoms with E-state index in [2.05, 4.69) is 5.16 Å². The molecule has 3 aromatic rings. The van der Waals surface area contributed by atoms with Gasteiger partial charge in [0, 0.05) is 36.9 Å². The Morgan fingerprint density at radius 1 is 1.21 bits per heavy atom. The maximum absolute atomic E-state index is 13.3. The van der Waals surface area contributed by atoms with Crippen LogP contribution in [0.25, 0.3) is 11.3 Å². The zero-order chi connectivity index (χ0) is 28.5. The number of halogens is 3. The van der Waals surface area contributed by atoms with Gasteiger partial charge in [-0.25, -0.2) is 13.2 Å². The minimum atomic E-state index is -4.28. The van der Waals surface area contributed by atoms with E-state index in [-0.39, 0.29) is 70.4 Å². The van der Waals surface area contributed by atoms with Gasteiger partial charge in [-0.15, -0.1) is 0 Å². The molecule has 0 amide bonds. The van der Waals surface area contributed by atoms with Gasteiger partial charge in [-0.1, -0.05) is 52.1 Å². The monoisotopic (exact) mass is 619 g/mol. The molecule has 2 heterocycles. The van der Waals surface area contributed by atoms with Crippen LogP contribution in [0.15, 0.2) is 45.8 Å². The summed E-state index contributed by atoms with van der Waals surface area (Å²) in [5.41, 5.74) is -2.51. The molecule has 0 aliphatic carbocycles. The van der Waals surface area contributed by atoms with Crippen LogP contribution in [0.5, 0.6) is 0 Å². The van der Waals surface area contributed by atoms with Crippen LogP contribution >= 0.6 is 34.8 Å². The zero-order valence-corrected chi connectivity index (χ0v) is 23.2. The fourth-order valence-electron chi connectivity index (χ4n) is 4.40. The maximum Gasteiger partial charge on any atom is 0.341 e. The van der Waals surface area contributed by atoms with Crippen molar-refractivity contribution in [2.45, 2.75) is 23.3 Å². The van der Waals surface area contributed by atoms with Crippen molar-refractivity contribution in [1.82, 2.24) is 9.46 Å². The highest BCUT2D eigenvalue weighted by atomic mass is 35.5. The number of nitro benzene ring substituents is 1. The summed E-state index contributed by atoms with van der Waals surface area (Å²) in [7, 11) is -2.92. The van der Waals surface area contributed by atoms with Crippen LogP contribution in [0.2, 0.25) is 15.1 Å². The second kappa shape index (κ2) is 11.4. The summed E-state index contributed by atoms with van der Waals surface area (Å²) >= 11 is 18.6. The van der Waals surface area contributed by atoms with E-state index in [1.54, 1.807) is 0 Å². The molecule has 0 spiro atoms. The van der Waals surface area contributed by atoms with Crippen molar-refractivity contribution >= 4 is 56.5 Å². The number of methoxy groups -OCH3 is 1. The van der Waals surface area contributed by atoms with Gasteiger partial charge in [0.15, 0.2) is 10.7 Å². The molecule has 0 atom stereocenters. The van der Waals surface area contributed by atoms with Gasteiger partial charge in [-0.2, -0.15) is 4.31 Å². The Morgan fingerprint density at radius 2 is 1.82 bits per heavy atom. The number of carboxylic acid groups (broad SMARTS) is 1. The zero-order valence-electron chi connectivity index (χ0n) is 20.1. The third kappa shape index (κ3) is 5.48. The van der Waals surface area contributed by atoms with Gasteiger partial charge in [0.2, 0.25) is 10.0 Å². The number of nitro groups is 1. The molecule has 208 valence electrons. The summed E-state index contributed by atoms with van der Waals surface area (Å²) in [4.78, 5) is 22.7. The fourth-order valence-corrected chi connectivity index (χ4v) is 7.00. The topological polar surface area (TPSA) is 162 Å². The summed E-state index contributed by atoms with van der Waals surface area (Å²) in [6.07, 6.45) is -0.180. The third-order valence-electron chi connectivity index (χ3n) is 6.23. The Kier molecular flexibility index (Phi) is 8.52. The predicted octanol–water partition coefficient (Wildman–Crippen LogP) is 5.21. The van der Waals surface area contributed by atoms with Crippen LogP contribution in [-0.4, -0.2) is 60.9 Å². The molecular weight excluding hydrogens is 601 g/mol. The molecule has 1 aliphatic heterocycles. The first-order chi connectivity index (χ1) is 18.4. The number of aromatic carboxylic acids is 1. The molecule has 16 heteroatoms. The molecule has 1 fully saturated rings. The quantitative estimate of drug-likeness (QED) is 0.191. The van der Waals surface area contributed by atoms with E-state index in [0.29, 0.717) is 0 Å². The van der Waals surface area contributed by atoms with E-state index in [1.807, 2.05) is 0 Å². The van der Waals surface area contributed by atoms with Crippen LogP contribution in [-0.2, 0) is 25.1 Å². The number of rotatable bonds is 9. The standard InChI is InChI=1S/C23H20Cl3N3O9S/c1-36-12-37-23(6-8-28(9-7-23)39(34,35)17-5-3-2-4-16(17)29(32)33)21-19(22(30)31)20(27-38-21)18-14(25)10-13(24)11-15(18)26/h2-5,10-11H,6-9,12H2,1H3,(H,30,31). The minimum absolute atomic E-state index is 0.0343. The molecule has 0 unspecified atom stereocenters. The molecule has 4 rings (SSSR count). The van der Waals surface area contributed by atoms with Crippen molar-refractivity contribution in [2.24, 2.45) is 0 Å². The van der Waals surface area contributed by atoms with Crippen LogP contribution in [0.1, 0.15) is 29.0 Å². The second-order valence-electron chi connectivity index (χ2n) is 8.46. The van der Waals surface area contributed by atoms with Gasteiger partial charge in [-0.3, -0.25) is 10.1 Å². The summed E-state index contributed by atoms with van der Waals surface area (Å²) < 4.78 is 44.2. The summed E-state index contributed by atoms with van der Waals surface area (Å²) in [5.74, 6) is -1.61. The molecule has 0 saturated carbocycles. The van der Waals surface area contributed by atoms with Crippen LogP contribution < -0.4 is 0 Å². The Morgan fingerprint density at radius 3 is 2.38 bits per heavy atom. The smallest absolute Gasteiger partial charge is 0.341 e. The van der Waals surface area contributed by atoms with Gasteiger partial charge in [0.1, 0.15) is 23.7 Å². The minimum Gasteiger partial charge on any atom is -0.477 e. The number of ether oxygens (including phenoxy) is 2. The van der Waals surface area contributed by atoms with Crippen LogP contribution in [0.3, 0.4) is 0 Å². The summed E-state index contributed by atoms with van der Waals surface area (Å²) in [6.45, 7) is -0.653. The predicted molar refractivity (Wildman–Crippen MR) is 140 cm³/mol. The van der Waals surface area contributed by atoms with Crippen molar-refractivity contribution in [3.05, 3.63) is 72.9 Å². The Labute approximate surface area is 237 Å². The molecule has 1 aromatic heterocycles. The highest BCUT2D eigenvalue weighted by molar-refractivity contribution is 7.89. The van der Waals surface area contributed by atoms with Crippen LogP contribution in [0, 0.1) is 10.1 Å². The van der Waals surface area contributed by atoms with Crippen molar-refractivity contribution in [2.75, 3.05) is 27.0 Å². The first kappa shape index (κ1) is 29.2. The Bertz CT molecular complexity index is 1510. The number of hydrogen-bond acceptors (Lipinski definition) is 9. The molecule has 0 bridgehead atoms. The van der Waals surface area contributed by atoms with Gasteiger partial charge in [0.25, 0.3) is 5.69 Å². The lowest BCUT2D eigenvalue weighted by Crippen LogP contribution is -2.47. The first-order valence-electron chi connectivity index (χ1n) is 11.2. The van der Waals surface area contributed by atoms with Crippen molar-refractivity contribution in [3.8, 4) is 11.3 Å². The normalized spacial score (nSPS) is 15.8. The molecule has 1 N–H and O–H groups in total. The van der Waals surface area contributed by atoms with E-state index < -0.39 is 37.1 Å². The lowest BCUT2D eigenvalue weighted by Gasteiger charge is -2.39. The van der Waals surface area contributed by atoms with Gasteiger partial charge in [0.05, 0.1) is 15.0 Å². The number of carboxylic acids is 1. The number of nitrogens with zero attached hydrogens (tertiary/aromatic N) is 3. The number of para-hydroxylation sites is 1. The van der Waals surface area contributed by atoms with Gasteiger partial charge < -0.3 is 19.1 Å². The Hall–Kier alpha value is -2.78. The van der Waals surface area contributed by atoms with Gasteiger partial charge >= 0.3 is 5.97 Å². The average Bonchev–Trinajstić information content (AvgIpc) is 3.33. The number of sulfonamides is 1. The fraction of sp³-hybridized carbons (Fsp3) is 0.304. The van der Waals surface area contributed by atoms with Gasteiger partial charge in [-0.05, 0) is 31.0 Å².